The van der Waals surface area contributed by atoms with Crippen molar-refractivity contribution in [1.82, 2.24) is 9.55 Å². The van der Waals surface area contributed by atoms with Gasteiger partial charge in [0.2, 0.25) is 0 Å². The zero-order valence-electron chi connectivity index (χ0n) is 7.57. The van der Waals surface area contributed by atoms with Crippen molar-refractivity contribution in [3.63, 3.8) is 0 Å². The molecule has 1 heterocycles. The molecule has 67 valence electrons. The van der Waals surface area contributed by atoms with E-state index in [0.29, 0.717) is 5.46 Å². The molecular weight excluding hydrogens is 167 g/mol. The second-order valence-electron chi connectivity index (χ2n) is 2.94. The Labute approximate surface area is 76.3 Å². The minimum absolute atomic E-state index is 0.204. The molecule has 0 saturated heterocycles. The molecule has 5 heteroatoms. The third-order valence-electron chi connectivity index (χ3n) is 1.93. The van der Waals surface area contributed by atoms with Gasteiger partial charge in [0.15, 0.2) is 0 Å². The van der Waals surface area contributed by atoms with Crippen molar-refractivity contribution < 1.29 is 0 Å². The number of nitrogens with zero attached hydrogens (tertiary/aromatic N) is 1. The molecule has 0 bridgehead atoms. The van der Waals surface area contributed by atoms with Crippen molar-refractivity contribution >= 4 is 13.0 Å². The molecule has 0 saturated carbocycles. The molecule has 1 atom stereocenters. The van der Waals surface area contributed by atoms with E-state index in [9.17, 15) is 9.59 Å². The average molecular weight is 177 g/mol. The van der Waals surface area contributed by atoms with Crippen LogP contribution in [0.2, 0.25) is 0 Å². The van der Waals surface area contributed by atoms with Crippen LogP contribution in [0.25, 0.3) is 0 Å². The van der Waals surface area contributed by atoms with E-state index in [-0.39, 0.29) is 6.04 Å². The van der Waals surface area contributed by atoms with Crippen LogP contribution in [0.5, 0.6) is 0 Å². The second-order valence-corrected chi connectivity index (χ2v) is 2.94. The number of hydrogen-bond acceptors (Lipinski definition) is 2. The summed E-state index contributed by atoms with van der Waals surface area (Å²) in [5, 5.41) is 0. The van der Waals surface area contributed by atoms with Gasteiger partial charge in [0.1, 0.15) is 0 Å². The Bertz CT molecular complexity index is 432. The average Bonchev–Trinajstić information content (AvgIpc) is 2.03. The molecule has 0 amide bonds. The normalized spacial score (nSPS) is 12.4. The van der Waals surface area contributed by atoms with Crippen molar-refractivity contribution in [1.29, 1.82) is 0 Å². The quantitative estimate of drug-likeness (QED) is 0.616. The second kappa shape index (κ2) is 3.55. The van der Waals surface area contributed by atoms with Crippen LogP contribution >= 0.6 is 0 Å². The summed E-state index contributed by atoms with van der Waals surface area (Å²) < 4.78 is 1.37. The molecule has 1 radical (unpaired) electrons. The Hall–Kier alpha value is -1.39. The van der Waals surface area contributed by atoms with Gasteiger partial charge in [0, 0.05) is 0 Å². The van der Waals surface area contributed by atoms with Crippen LogP contribution in [0.3, 0.4) is 0 Å². The molecule has 1 aromatic rings. The van der Waals surface area contributed by atoms with Gasteiger partial charge in [-0.3, -0.25) is 0 Å². The number of rotatable bonds is 2. The molecule has 4 nitrogen and oxygen atoms in total. The number of aromatic nitrogens is 2. The van der Waals surface area contributed by atoms with Crippen LogP contribution in [0.4, 0.5) is 0 Å². The van der Waals surface area contributed by atoms with Gasteiger partial charge in [-0.15, -0.1) is 0 Å². The Balaban J connectivity index is 3.24. The maximum atomic E-state index is 11.2. The fourth-order valence-corrected chi connectivity index (χ4v) is 0.952. The molecule has 0 aromatic carbocycles. The van der Waals surface area contributed by atoms with Crippen molar-refractivity contribution in [3.8, 4) is 0 Å². The minimum atomic E-state index is -0.440. The Morgan fingerprint density at radius 3 is 2.69 bits per heavy atom. The van der Waals surface area contributed by atoms with Gasteiger partial charge in [-0.2, -0.15) is 0 Å². The molecule has 0 aliphatic heterocycles. The standard InChI is InChI=1S/C8H10BN2O2/c1-5(9)6(2)11-4-3-7(12)10-8(11)13/h3-4,6H,1-2H3,(H,10,12,13). The predicted octanol–water partition coefficient (Wildman–Crippen LogP) is -0.542. The zero-order valence-corrected chi connectivity index (χ0v) is 7.57. The molecule has 1 rings (SSSR count). The van der Waals surface area contributed by atoms with Crippen molar-refractivity contribution in [3.05, 3.63) is 33.1 Å². The first-order valence-electron chi connectivity index (χ1n) is 3.92. The first-order chi connectivity index (χ1) is 6.02. The summed E-state index contributed by atoms with van der Waals surface area (Å²) in [6.45, 7) is 3.51. The van der Waals surface area contributed by atoms with Gasteiger partial charge in [-0.1, -0.05) is 0 Å². The van der Waals surface area contributed by atoms with E-state index in [0.717, 1.165) is 0 Å². The third kappa shape index (κ3) is 2.05. The molecule has 0 fully saturated rings. The molecule has 1 N–H and O–H groups in total. The van der Waals surface area contributed by atoms with E-state index >= 15 is 0 Å². The Morgan fingerprint density at radius 2 is 2.23 bits per heavy atom. The van der Waals surface area contributed by atoms with Crippen LogP contribution in [-0.4, -0.2) is 22.5 Å². The van der Waals surface area contributed by atoms with E-state index in [1.54, 1.807) is 13.8 Å². The first-order valence-corrected chi connectivity index (χ1v) is 3.92. The summed E-state index contributed by atoms with van der Waals surface area (Å²) in [6.07, 6.45) is 1.43. The topological polar surface area (TPSA) is 54.9 Å². The van der Waals surface area contributed by atoms with Gasteiger partial charge in [-0.05, 0) is 0 Å². The molecular formula is C8H10BN2O2. The molecule has 1 unspecified atom stereocenters. The Morgan fingerprint density at radius 1 is 1.62 bits per heavy atom. The summed E-state index contributed by atoms with van der Waals surface area (Å²) in [7, 11) is 5.54. The molecule has 0 spiro atoms. The molecule has 0 aliphatic rings. The summed E-state index contributed by atoms with van der Waals surface area (Å²) >= 11 is 0. The SMILES string of the molecule is [B]=C(C)C(C)n1ccc(=O)[nH]c1=O. The van der Waals surface area contributed by atoms with Crippen molar-refractivity contribution in [2.75, 3.05) is 0 Å². The van der Waals surface area contributed by atoms with E-state index in [4.69, 9.17) is 7.49 Å². The summed E-state index contributed by atoms with van der Waals surface area (Å²) in [5.41, 5.74) is -0.220. The number of nitrogens with one attached hydrogen (secondary N) is 1. The number of H-pyrrole nitrogens is 1. The summed E-state index contributed by atoms with van der Waals surface area (Å²) in [6, 6.07) is 1.09. The monoisotopic (exact) mass is 177 g/mol. The van der Waals surface area contributed by atoms with E-state index in [2.05, 4.69) is 4.98 Å². The maximum absolute atomic E-state index is 11.2. The van der Waals surface area contributed by atoms with Crippen LogP contribution in [0.1, 0.15) is 19.9 Å². The van der Waals surface area contributed by atoms with Gasteiger partial charge in [-0.25, -0.2) is 0 Å². The van der Waals surface area contributed by atoms with Crippen LogP contribution in [-0.2, 0) is 0 Å². The van der Waals surface area contributed by atoms with Crippen molar-refractivity contribution in [2.24, 2.45) is 0 Å². The molecule has 0 aliphatic carbocycles. The van der Waals surface area contributed by atoms with Gasteiger partial charge >= 0.3 is 75.5 Å². The zero-order chi connectivity index (χ0) is 10.0. The molecule has 13 heavy (non-hydrogen) atoms. The fraction of sp³-hybridized carbons (Fsp3) is 0.375. The van der Waals surface area contributed by atoms with Crippen LogP contribution < -0.4 is 11.2 Å². The summed E-state index contributed by atoms with van der Waals surface area (Å²) in [5.74, 6) is 0. The van der Waals surface area contributed by atoms with Crippen molar-refractivity contribution in [2.45, 2.75) is 19.9 Å². The van der Waals surface area contributed by atoms with Crippen LogP contribution in [0.15, 0.2) is 21.9 Å². The number of aromatic amines is 1. The fourth-order valence-electron chi connectivity index (χ4n) is 0.952. The number of hydrogen-bond donors (Lipinski definition) is 1. The first kappa shape index (κ1) is 9.70. The predicted molar refractivity (Wildman–Crippen MR) is 52.5 cm³/mol. The van der Waals surface area contributed by atoms with Gasteiger partial charge in [0.05, 0.1) is 0 Å². The van der Waals surface area contributed by atoms with E-state index < -0.39 is 11.2 Å². The van der Waals surface area contributed by atoms with E-state index in [1.807, 2.05) is 0 Å². The third-order valence-corrected chi connectivity index (χ3v) is 1.93. The Kier molecular flexibility index (Phi) is 2.65. The van der Waals surface area contributed by atoms with E-state index in [1.165, 1.54) is 16.8 Å². The van der Waals surface area contributed by atoms with Crippen LogP contribution in [0, 0.1) is 0 Å². The molecule has 1 aromatic heterocycles. The van der Waals surface area contributed by atoms with Gasteiger partial charge in [0.25, 0.3) is 0 Å². The summed E-state index contributed by atoms with van der Waals surface area (Å²) in [4.78, 5) is 24.1. The van der Waals surface area contributed by atoms with Gasteiger partial charge < -0.3 is 0 Å².